The van der Waals surface area contributed by atoms with Gasteiger partial charge in [0.25, 0.3) is 0 Å². The fraction of sp³-hybridized carbons (Fsp3) is 0.250. The van der Waals surface area contributed by atoms with Gasteiger partial charge in [0.05, 0.1) is 0 Å². The third-order valence-corrected chi connectivity index (χ3v) is 2.18. The Labute approximate surface area is 74.8 Å². The summed E-state index contributed by atoms with van der Waals surface area (Å²) >= 11 is 5.12. The molecule has 0 unspecified atom stereocenters. The number of pyridine rings is 1. The van der Waals surface area contributed by atoms with Gasteiger partial charge in [0.15, 0.2) is 0 Å². The Bertz CT molecular complexity index is 480. The van der Waals surface area contributed by atoms with Gasteiger partial charge in [-0.2, -0.15) is 5.10 Å². The molecule has 0 bridgehead atoms. The number of H-pyrrole nitrogens is 2. The first-order valence-electron chi connectivity index (χ1n) is 3.73. The van der Waals surface area contributed by atoms with Crippen molar-refractivity contribution in [3.05, 3.63) is 22.1 Å². The Morgan fingerprint density at radius 3 is 2.92 bits per heavy atom. The van der Waals surface area contributed by atoms with E-state index >= 15 is 0 Å². The van der Waals surface area contributed by atoms with Crippen molar-refractivity contribution < 1.29 is 0 Å². The molecule has 0 saturated heterocycles. The maximum atomic E-state index is 5.12. The summed E-state index contributed by atoms with van der Waals surface area (Å²) in [5, 5.41) is 8.11. The molecule has 62 valence electrons. The molecule has 0 saturated carbocycles. The second kappa shape index (κ2) is 2.42. The lowest BCUT2D eigenvalue weighted by Gasteiger charge is -1.93. The fourth-order valence-corrected chi connectivity index (χ4v) is 1.59. The summed E-state index contributed by atoms with van der Waals surface area (Å²) in [6, 6.07) is 2.05. The number of hydrogen-bond donors (Lipinski definition) is 2. The van der Waals surface area contributed by atoms with E-state index in [1.165, 1.54) is 0 Å². The van der Waals surface area contributed by atoms with Crippen molar-refractivity contribution in [1.29, 1.82) is 0 Å². The molecule has 2 N–H and O–H groups in total. The summed E-state index contributed by atoms with van der Waals surface area (Å²) in [6.45, 7) is 3.98. The minimum Gasteiger partial charge on any atom is -0.348 e. The highest BCUT2D eigenvalue weighted by Gasteiger charge is 2.02. The van der Waals surface area contributed by atoms with Crippen LogP contribution in [0.1, 0.15) is 11.4 Å². The second-order valence-corrected chi connectivity index (χ2v) is 3.30. The Hall–Kier alpha value is -1.16. The van der Waals surface area contributed by atoms with Crippen LogP contribution in [0, 0.1) is 18.5 Å². The first-order chi connectivity index (χ1) is 5.68. The first-order valence-corrected chi connectivity index (χ1v) is 4.14. The zero-order valence-corrected chi connectivity index (χ0v) is 7.75. The molecule has 0 radical (unpaired) electrons. The predicted molar refractivity (Wildman–Crippen MR) is 50.8 cm³/mol. The summed E-state index contributed by atoms with van der Waals surface area (Å²) in [5.41, 5.74) is 2.98. The molecule has 0 spiro atoms. The van der Waals surface area contributed by atoms with Crippen LogP contribution in [0.25, 0.3) is 10.9 Å². The molecule has 0 aromatic carbocycles. The third-order valence-electron chi connectivity index (χ3n) is 1.88. The summed E-state index contributed by atoms with van der Waals surface area (Å²) in [6.07, 6.45) is 0. The van der Waals surface area contributed by atoms with Crippen molar-refractivity contribution in [2.75, 3.05) is 0 Å². The first kappa shape index (κ1) is 7.49. The minimum atomic E-state index is 0.703. The molecule has 2 heterocycles. The number of hydrogen-bond acceptors (Lipinski definition) is 2. The molecule has 2 rings (SSSR count). The van der Waals surface area contributed by atoms with Crippen LogP contribution in [-0.4, -0.2) is 15.2 Å². The number of fused-ring (bicyclic) bond motifs is 1. The van der Waals surface area contributed by atoms with Gasteiger partial charge in [-0.15, -0.1) is 0 Å². The molecule has 12 heavy (non-hydrogen) atoms. The van der Waals surface area contributed by atoms with Crippen LogP contribution in [0.5, 0.6) is 0 Å². The normalized spacial score (nSPS) is 10.8. The number of aromatic amines is 2. The quantitative estimate of drug-likeness (QED) is 0.609. The summed E-state index contributed by atoms with van der Waals surface area (Å²) < 4.78 is 0.703. The largest absolute Gasteiger partial charge is 0.348 e. The van der Waals surface area contributed by atoms with E-state index in [0.717, 1.165) is 22.3 Å². The van der Waals surface area contributed by atoms with Crippen LogP contribution in [-0.2, 0) is 0 Å². The third kappa shape index (κ3) is 0.956. The van der Waals surface area contributed by atoms with Gasteiger partial charge in [-0.1, -0.05) is 12.2 Å². The van der Waals surface area contributed by atoms with Gasteiger partial charge in [-0.05, 0) is 19.9 Å². The van der Waals surface area contributed by atoms with Crippen molar-refractivity contribution in [2.45, 2.75) is 13.8 Å². The highest BCUT2D eigenvalue weighted by atomic mass is 32.1. The van der Waals surface area contributed by atoms with Crippen molar-refractivity contribution in [1.82, 2.24) is 15.2 Å². The maximum Gasteiger partial charge on any atom is 0.131 e. The Balaban J connectivity index is 3.03. The monoisotopic (exact) mass is 179 g/mol. The molecule has 0 aliphatic heterocycles. The van der Waals surface area contributed by atoms with E-state index in [9.17, 15) is 0 Å². The van der Waals surface area contributed by atoms with Crippen molar-refractivity contribution >= 4 is 23.1 Å². The van der Waals surface area contributed by atoms with E-state index < -0.39 is 0 Å². The highest BCUT2D eigenvalue weighted by Crippen LogP contribution is 2.15. The van der Waals surface area contributed by atoms with E-state index in [4.69, 9.17) is 12.2 Å². The van der Waals surface area contributed by atoms with Gasteiger partial charge in [0.2, 0.25) is 0 Å². The molecule has 0 atom stereocenters. The molecule has 0 fully saturated rings. The standard InChI is InChI=1S/C8H9N3S/c1-4-3-6-5(2)10-11-7(6)8(12)9-4/h3H,1-2H3,(H,9,12)(H,10,11). The van der Waals surface area contributed by atoms with Gasteiger partial charge in [-0.3, -0.25) is 5.10 Å². The molecule has 2 aromatic rings. The van der Waals surface area contributed by atoms with E-state index in [0.29, 0.717) is 4.64 Å². The smallest absolute Gasteiger partial charge is 0.131 e. The lowest BCUT2D eigenvalue weighted by Crippen LogP contribution is -1.82. The summed E-state index contributed by atoms with van der Waals surface area (Å²) in [7, 11) is 0. The van der Waals surface area contributed by atoms with Gasteiger partial charge in [0, 0.05) is 16.8 Å². The Morgan fingerprint density at radius 2 is 2.17 bits per heavy atom. The number of nitrogens with zero attached hydrogens (tertiary/aromatic N) is 1. The van der Waals surface area contributed by atoms with Crippen LogP contribution in [0.2, 0.25) is 0 Å². The van der Waals surface area contributed by atoms with Crippen molar-refractivity contribution in [2.24, 2.45) is 0 Å². The summed E-state index contributed by atoms with van der Waals surface area (Å²) in [4.78, 5) is 3.06. The predicted octanol–water partition coefficient (Wildman–Crippen LogP) is 2.24. The molecule has 0 aliphatic rings. The molecule has 0 amide bonds. The molecular weight excluding hydrogens is 170 g/mol. The molecule has 0 aliphatic carbocycles. The number of nitrogens with one attached hydrogen (secondary N) is 2. The topological polar surface area (TPSA) is 44.5 Å². The van der Waals surface area contributed by atoms with Gasteiger partial charge >= 0.3 is 0 Å². The number of aromatic nitrogens is 3. The highest BCUT2D eigenvalue weighted by molar-refractivity contribution is 7.71. The van der Waals surface area contributed by atoms with Gasteiger partial charge in [-0.25, -0.2) is 0 Å². The van der Waals surface area contributed by atoms with E-state index in [1.54, 1.807) is 0 Å². The summed E-state index contributed by atoms with van der Waals surface area (Å²) in [5.74, 6) is 0. The van der Waals surface area contributed by atoms with Crippen LogP contribution >= 0.6 is 12.2 Å². The fourth-order valence-electron chi connectivity index (χ4n) is 1.28. The van der Waals surface area contributed by atoms with Gasteiger partial charge < -0.3 is 4.98 Å². The average molecular weight is 179 g/mol. The van der Waals surface area contributed by atoms with E-state index in [-0.39, 0.29) is 0 Å². The van der Waals surface area contributed by atoms with Crippen molar-refractivity contribution in [3.63, 3.8) is 0 Å². The molecule has 4 heteroatoms. The zero-order chi connectivity index (χ0) is 8.72. The van der Waals surface area contributed by atoms with Crippen LogP contribution < -0.4 is 0 Å². The number of rotatable bonds is 0. The van der Waals surface area contributed by atoms with Crippen LogP contribution in [0.4, 0.5) is 0 Å². The average Bonchev–Trinajstić information content (AvgIpc) is 2.33. The maximum absolute atomic E-state index is 5.12. The van der Waals surface area contributed by atoms with Crippen LogP contribution in [0.3, 0.4) is 0 Å². The SMILES string of the molecule is Cc1cc2c(C)[nH]nc2c(=S)[nH]1. The Kier molecular flexibility index (Phi) is 1.51. The second-order valence-electron chi connectivity index (χ2n) is 2.89. The van der Waals surface area contributed by atoms with E-state index in [2.05, 4.69) is 15.2 Å². The number of aryl methyl sites for hydroxylation is 2. The zero-order valence-electron chi connectivity index (χ0n) is 6.93. The lowest BCUT2D eigenvalue weighted by molar-refractivity contribution is 1.06. The molecule has 3 nitrogen and oxygen atoms in total. The van der Waals surface area contributed by atoms with Crippen molar-refractivity contribution in [3.8, 4) is 0 Å². The lowest BCUT2D eigenvalue weighted by atomic mass is 10.2. The minimum absolute atomic E-state index is 0.703. The van der Waals surface area contributed by atoms with Gasteiger partial charge in [0.1, 0.15) is 10.2 Å². The molecule has 2 aromatic heterocycles. The van der Waals surface area contributed by atoms with E-state index in [1.807, 2.05) is 19.9 Å². The molecular formula is C8H9N3S. The Morgan fingerprint density at radius 1 is 1.42 bits per heavy atom. The van der Waals surface area contributed by atoms with Crippen LogP contribution in [0.15, 0.2) is 6.07 Å².